The van der Waals surface area contributed by atoms with Crippen LogP contribution in [-0.4, -0.2) is 36.2 Å². The van der Waals surface area contributed by atoms with Crippen molar-refractivity contribution in [3.63, 3.8) is 0 Å². The Morgan fingerprint density at radius 3 is 2.62 bits per heavy atom. The Bertz CT molecular complexity index is 502. The van der Waals surface area contributed by atoms with E-state index >= 15 is 0 Å². The Morgan fingerprint density at radius 2 is 2.05 bits per heavy atom. The lowest BCUT2D eigenvalue weighted by Gasteiger charge is -2.36. The normalized spacial score (nSPS) is 17.7. The zero-order chi connectivity index (χ0) is 15.1. The predicted molar refractivity (Wildman–Crippen MR) is 79.5 cm³/mol. The number of carbonyl (C=O) groups is 1. The van der Waals surface area contributed by atoms with Crippen molar-refractivity contribution in [1.82, 2.24) is 10.2 Å². The molecule has 1 fully saturated rings. The average Bonchev–Trinajstić information content (AvgIpc) is 2.54. The molecule has 0 saturated carbocycles. The van der Waals surface area contributed by atoms with Crippen LogP contribution in [0.25, 0.3) is 0 Å². The third kappa shape index (κ3) is 4.20. The highest BCUT2D eigenvalue weighted by molar-refractivity contribution is 5.69. The van der Waals surface area contributed by atoms with Crippen molar-refractivity contribution < 1.29 is 9.53 Å². The van der Waals surface area contributed by atoms with Gasteiger partial charge in [-0.2, -0.15) is 5.26 Å². The Labute approximate surface area is 125 Å². The number of likely N-dealkylation sites (tertiary alicyclic amines) is 1. The van der Waals surface area contributed by atoms with Gasteiger partial charge in [0, 0.05) is 13.1 Å². The maximum Gasteiger partial charge on any atom is 0.408 e. The minimum Gasteiger partial charge on any atom is -0.445 e. The molecule has 112 valence electrons. The van der Waals surface area contributed by atoms with Crippen LogP contribution in [-0.2, 0) is 11.3 Å². The molecule has 0 atom stereocenters. The van der Waals surface area contributed by atoms with Gasteiger partial charge in [-0.05, 0) is 24.9 Å². The number of nitrogens with zero attached hydrogens (tertiary/aromatic N) is 2. The van der Waals surface area contributed by atoms with Crippen molar-refractivity contribution >= 4 is 6.09 Å². The van der Waals surface area contributed by atoms with Gasteiger partial charge in [-0.3, -0.25) is 0 Å². The van der Waals surface area contributed by atoms with Crippen molar-refractivity contribution in [3.05, 3.63) is 35.9 Å². The molecule has 1 aromatic carbocycles. The van der Waals surface area contributed by atoms with Crippen molar-refractivity contribution in [3.8, 4) is 6.07 Å². The van der Waals surface area contributed by atoms with Gasteiger partial charge < -0.3 is 15.0 Å². The second kappa shape index (κ2) is 7.09. The van der Waals surface area contributed by atoms with E-state index in [1.54, 1.807) is 0 Å². The van der Waals surface area contributed by atoms with E-state index in [-0.39, 0.29) is 6.61 Å². The molecule has 0 unspecified atom stereocenters. The number of piperidine rings is 1. The van der Waals surface area contributed by atoms with Crippen molar-refractivity contribution in [2.24, 2.45) is 0 Å². The monoisotopic (exact) mass is 287 g/mol. The summed E-state index contributed by atoms with van der Waals surface area (Å²) in [6.45, 7) is 4.93. The number of hydrogen-bond acceptors (Lipinski definition) is 4. The second-order valence-corrected chi connectivity index (χ2v) is 5.31. The number of amides is 1. The smallest absolute Gasteiger partial charge is 0.408 e. The molecule has 21 heavy (non-hydrogen) atoms. The van der Waals surface area contributed by atoms with E-state index in [0.717, 1.165) is 25.2 Å². The van der Waals surface area contributed by atoms with Crippen LogP contribution in [0.2, 0.25) is 0 Å². The predicted octanol–water partition coefficient (Wildman–Crippen LogP) is 2.29. The molecule has 1 heterocycles. The molecule has 0 spiro atoms. The lowest BCUT2D eigenvalue weighted by atomic mass is 9.89. The molecular formula is C16H21N3O2. The molecule has 5 nitrogen and oxygen atoms in total. The fourth-order valence-electron chi connectivity index (χ4n) is 2.47. The highest BCUT2D eigenvalue weighted by Gasteiger charge is 2.36. The van der Waals surface area contributed by atoms with Gasteiger partial charge in [-0.15, -0.1) is 0 Å². The van der Waals surface area contributed by atoms with Crippen LogP contribution in [0, 0.1) is 11.3 Å². The van der Waals surface area contributed by atoms with E-state index in [1.165, 1.54) is 0 Å². The minimum atomic E-state index is -0.792. The maximum atomic E-state index is 11.9. The molecular weight excluding hydrogens is 266 g/mol. The van der Waals surface area contributed by atoms with Crippen LogP contribution in [0.5, 0.6) is 0 Å². The molecule has 1 N–H and O–H groups in total. The summed E-state index contributed by atoms with van der Waals surface area (Å²) in [4.78, 5) is 14.2. The summed E-state index contributed by atoms with van der Waals surface area (Å²) in [6, 6.07) is 11.8. The maximum absolute atomic E-state index is 11.9. The van der Waals surface area contributed by atoms with Crippen molar-refractivity contribution in [1.29, 1.82) is 5.26 Å². The minimum absolute atomic E-state index is 0.218. The number of rotatable bonds is 4. The van der Waals surface area contributed by atoms with Crippen LogP contribution in [0.4, 0.5) is 4.79 Å². The molecule has 1 saturated heterocycles. The summed E-state index contributed by atoms with van der Waals surface area (Å²) in [5.74, 6) is 0. The average molecular weight is 287 g/mol. The summed E-state index contributed by atoms with van der Waals surface area (Å²) < 4.78 is 5.20. The number of ether oxygens (including phenoxy) is 1. The number of alkyl carbamates (subject to hydrolysis) is 1. The number of nitriles is 1. The molecule has 0 radical (unpaired) electrons. The SMILES string of the molecule is CCN1CCC(C#N)(NC(=O)OCc2ccccc2)CC1. The van der Waals surface area contributed by atoms with Crippen LogP contribution in [0.3, 0.4) is 0 Å². The van der Waals surface area contributed by atoms with Gasteiger partial charge in [0.1, 0.15) is 12.1 Å². The van der Waals surface area contributed by atoms with Gasteiger partial charge in [-0.25, -0.2) is 4.79 Å². The highest BCUT2D eigenvalue weighted by atomic mass is 16.5. The molecule has 0 bridgehead atoms. The van der Waals surface area contributed by atoms with Crippen molar-refractivity contribution in [2.75, 3.05) is 19.6 Å². The first kappa shape index (κ1) is 15.3. The largest absolute Gasteiger partial charge is 0.445 e. The molecule has 2 rings (SSSR count). The summed E-state index contributed by atoms with van der Waals surface area (Å²) in [5, 5.41) is 12.1. The lowest BCUT2D eigenvalue weighted by Crippen LogP contribution is -2.54. The first-order valence-electron chi connectivity index (χ1n) is 7.30. The van der Waals surface area contributed by atoms with E-state index in [0.29, 0.717) is 12.8 Å². The molecule has 5 heteroatoms. The van der Waals surface area contributed by atoms with E-state index in [1.807, 2.05) is 30.3 Å². The van der Waals surface area contributed by atoms with Gasteiger partial charge >= 0.3 is 6.09 Å². The van der Waals surface area contributed by atoms with Crippen LogP contribution >= 0.6 is 0 Å². The fourth-order valence-corrected chi connectivity index (χ4v) is 2.47. The van der Waals surface area contributed by atoms with E-state index in [2.05, 4.69) is 23.2 Å². The van der Waals surface area contributed by atoms with Crippen LogP contribution < -0.4 is 5.32 Å². The second-order valence-electron chi connectivity index (χ2n) is 5.31. The summed E-state index contributed by atoms with van der Waals surface area (Å²) >= 11 is 0. The molecule has 1 aliphatic rings. The zero-order valence-electron chi connectivity index (χ0n) is 12.3. The van der Waals surface area contributed by atoms with Crippen LogP contribution in [0.1, 0.15) is 25.3 Å². The standard InChI is InChI=1S/C16H21N3O2/c1-2-19-10-8-16(13-17,9-11-19)18-15(20)21-12-14-6-4-3-5-7-14/h3-7H,2,8-12H2,1H3,(H,18,20). The topological polar surface area (TPSA) is 65.4 Å². The Kier molecular flexibility index (Phi) is 5.18. The lowest BCUT2D eigenvalue weighted by molar-refractivity contribution is 0.116. The van der Waals surface area contributed by atoms with Gasteiger partial charge in [-0.1, -0.05) is 37.3 Å². The number of nitrogens with one attached hydrogen (secondary N) is 1. The highest BCUT2D eigenvalue weighted by Crippen LogP contribution is 2.21. The van der Waals surface area contributed by atoms with Crippen molar-refractivity contribution in [2.45, 2.75) is 31.9 Å². The molecule has 0 aromatic heterocycles. The Hall–Kier alpha value is -2.06. The van der Waals surface area contributed by atoms with Gasteiger partial charge in [0.2, 0.25) is 0 Å². The first-order chi connectivity index (χ1) is 10.2. The Morgan fingerprint density at radius 1 is 1.38 bits per heavy atom. The molecule has 1 aromatic rings. The molecule has 0 aliphatic carbocycles. The van der Waals surface area contributed by atoms with Crippen LogP contribution in [0.15, 0.2) is 30.3 Å². The summed E-state index contributed by atoms with van der Waals surface area (Å²) in [5.41, 5.74) is 0.138. The number of benzene rings is 1. The molecule has 1 amide bonds. The number of hydrogen-bond donors (Lipinski definition) is 1. The zero-order valence-corrected chi connectivity index (χ0v) is 12.3. The third-order valence-corrected chi connectivity index (χ3v) is 3.92. The van der Waals surface area contributed by atoms with Gasteiger partial charge in [0.05, 0.1) is 6.07 Å². The Balaban J connectivity index is 1.85. The third-order valence-electron chi connectivity index (χ3n) is 3.92. The van der Waals surface area contributed by atoms with E-state index < -0.39 is 11.6 Å². The van der Waals surface area contributed by atoms with Gasteiger partial charge in [0.15, 0.2) is 0 Å². The first-order valence-corrected chi connectivity index (χ1v) is 7.30. The summed E-state index contributed by atoms with van der Waals surface area (Å²) in [7, 11) is 0. The van der Waals surface area contributed by atoms with E-state index in [9.17, 15) is 10.1 Å². The van der Waals surface area contributed by atoms with E-state index in [4.69, 9.17) is 4.74 Å². The quantitative estimate of drug-likeness (QED) is 0.922. The molecule has 1 aliphatic heterocycles. The fraction of sp³-hybridized carbons (Fsp3) is 0.500. The summed E-state index contributed by atoms with van der Waals surface area (Å²) in [6.07, 6.45) is 0.751. The van der Waals surface area contributed by atoms with Gasteiger partial charge in [0.25, 0.3) is 0 Å². The number of carbonyl (C=O) groups excluding carboxylic acids is 1.